The van der Waals surface area contributed by atoms with Crippen LogP contribution in [0.5, 0.6) is 0 Å². The molecule has 0 radical (unpaired) electrons. The fourth-order valence-corrected chi connectivity index (χ4v) is 3.37. The number of carbonyl (C=O) groups is 1. The second-order valence-corrected chi connectivity index (χ2v) is 7.15. The summed E-state index contributed by atoms with van der Waals surface area (Å²) >= 11 is 0. The molecular weight excluding hydrogens is 372 g/mol. The summed E-state index contributed by atoms with van der Waals surface area (Å²) < 4.78 is 0. The molecule has 0 saturated carbocycles. The highest BCUT2D eigenvalue weighted by molar-refractivity contribution is 5.94. The van der Waals surface area contributed by atoms with Gasteiger partial charge in [0.15, 0.2) is 5.96 Å². The fourth-order valence-electron chi connectivity index (χ4n) is 3.37. The molecule has 0 heterocycles. The molecule has 0 aliphatic rings. The lowest BCUT2D eigenvalue weighted by molar-refractivity contribution is 0.0963. The van der Waals surface area contributed by atoms with Crippen LogP contribution in [0.3, 0.4) is 0 Å². The Hall–Kier alpha value is -3.34. The quantitative estimate of drug-likeness (QED) is 0.399. The molecule has 3 aromatic rings. The predicted molar refractivity (Wildman–Crippen MR) is 125 cm³/mol. The van der Waals surface area contributed by atoms with Crippen molar-refractivity contribution in [1.29, 1.82) is 0 Å². The van der Waals surface area contributed by atoms with Crippen molar-refractivity contribution < 1.29 is 4.79 Å². The first-order valence-electron chi connectivity index (χ1n) is 10.5. The van der Waals surface area contributed by atoms with Crippen molar-refractivity contribution in [2.24, 2.45) is 4.99 Å². The normalized spacial score (nSPS) is 11.3. The van der Waals surface area contributed by atoms with E-state index in [0.29, 0.717) is 5.56 Å². The first-order chi connectivity index (χ1) is 14.7. The first-order valence-corrected chi connectivity index (χ1v) is 10.5. The fraction of sp³-hybridized carbons (Fsp3) is 0.280. The number of fused-ring (bicyclic) bond motifs is 1. The maximum atomic E-state index is 11.8. The van der Waals surface area contributed by atoms with E-state index in [2.05, 4.69) is 65.3 Å². The number of guanidine groups is 1. The Morgan fingerprint density at radius 3 is 2.47 bits per heavy atom. The lowest BCUT2D eigenvalue weighted by Crippen LogP contribution is -2.38. The van der Waals surface area contributed by atoms with Crippen molar-refractivity contribution in [2.75, 3.05) is 26.7 Å². The molecule has 0 aliphatic carbocycles. The third-order valence-corrected chi connectivity index (χ3v) is 4.95. The lowest BCUT2D eigenvalue weighted by Gasteiger charge is -2.12. The molecule has 30 heavy (non-hydrogen) atoms. The molecule has 1 amide bonds. The Morgan fingerprint density at radius 1 is 0.867 bits per heavy atom. The Kier molecular flexibility index (Phi) is 7.84. The van der Waals surface area contributed by atoms with Gasteiger partial charge in [-0.25, -0.2) is 0 Å². The van der Waals surface area contributed by atoms with Crippen LogP contribution < -0.4 is 16.0 Å². The minimum atomic E-state index is -0.0617. The van der Waals surface area contributed by atoms with Crippen molar-refractivity contribution in [3.05, 3.63) is 83.4 Å². The van der Waals surface area contributed by atoms with E-state index in [4.69, 9.17) is 4.99 Å². The van der Waals surface area contributed by atoms with Gasteiger partial charge >= 0.3 is 0 Å². The molecule has 5 heteroatoms. The average Bonchev–Trinajstić information content (AvgIpc) is 2.78. The minimum absolute atomic E-state index is 0.0617. The molecular formula is C25H30N4O. The summed E-state index contributed by atoms with van der Waals surface area (Å²) in [6.07, 6.45) is 1.72. The molecule has 3 aromatic carbocycles. The van der Waals surface area contributed by atoms with Crippen LogP contribution in [-0.2, 0) is 12.8 Å². The number of aliphatic imine (C=N–C) groups is 1. The summed E-state index contributed by atoms with van der Waals surface area (Å²) in [5, 5.41) is 11.9. The maximum absolute atomic E-state index is 11.8. The van der Waals surface area contributed by atoms with E-state index in [0.717, 1.165) is 44.0 Å². The third-order valence-electron chi connectivity index (χ3n) is 4.95. The summed E-state index contributed by atoms with van der Waals surface area (Å²) in [5.41, 5.74) is 3.10. The summed E-state index contributed by atoms with van der Waals surface area (Å²) in [7, 11) is 1.65. The van der Waals surface area contributed by atoms with Gasteiger partial charge in [0.25, 0.3) is 5.91 Å². The van der Waals surface area contributed by atoms with Gasteiger partial charge in [0.05, 0.1) is 0 Å². The van der Waals surface area contributed by atoms with Gasteiger partial charge in [0, 0.05) is 32.2 Å². The van der Waals surface area contributed by atoms with E-state index < -0.39 is 0 Å². The van der Waals surface area contributed by atoms with Crippen molar-refractivity contribution in [2.45, 2.75) is 19.8 Å². The van der Waals surface area contributed by atoms with Crippen molar-refractivity contribution in [3.8, 4) is 0 Å². The highest BCUT2D eigenvalue weighted by atomic mass is 16.1. The number of amides is 1. The van der Waals surface area contributed by atoms with E-state index in [9.17, 15) is 4.79 Å². The number of nitrogens with zero attached hydrogens (tertiary/aromatic N) is 1. The van der Waals surface area contributed by atoms with Crippen molar-refractivity contribution in [3.63, 3.8) is 0 Å². The Bertz CT molecular complexity index is 1010. The molecule has 3 rings (SSSR count). The van der Waals surface area contributed by atoms with E-state index >= 15 is 0 Å². The highest BCUT2D eigenvalue weighted by Gasteiger charge is 2.04. The van der Waals surface area contributed by atoms with Crippen LogP contribution in [0, 0.1) is 0 Å². The minimum Gasteiger partial charge on any atom is -0.357 e. The van der Waals surface area contributed by atoms with Crippen molar-refractivity contribution >= 4 is 22.6 Å². The summed E-state index contributed by atoms with van der Waals surface area (Å²) in [6.45, 7) is 4.35. The molecule has 0 atom stereocenters. The second kappa shape index (κ2) is 11.0. The van der Waals surface area contributed by atoms with Gasteiger partial charge in [-0.3, -0.25) is 9.79 Å². The van der Waals surface area contributed by atoms with E-state index in [-0.39, 0.29) is 5.91 Å². The van der Waals surface area contributed by atoms with Crippen LogP contribution in [-0.4, -0.2) is 38.5 Å². The topological polar surface area (TPSA) is 65.5 Å². The molecule has 0 spiro atoms. The Labute approximate surface area is 178 Å². The smallest absolute Gasteiger partial charge is 0.251 e. The first kappa shape index (κ1) is 21.4. The third kappa shape index (κ3) is 6.08. The van der Waals surface area contributed by atoms with Crippen LogP contribution in [0.4, 0.5) is 0 Å². The molecule has 0 fully saturated rings. The number of hydrogen-bond acceptors (Lipinski definition) is 2. The highest BCUT2D eigenvalue weighted by Crippen LogP contribution is 2.16. The van der Waals surface area contributed by atoms with Gasteiger partial charge in [-0.05, 0) is 53.8 Å². The standard InChI is InChI=1S/C25H30N4O/c1-3-27-25(28-15-13-19-7-6-10-23(18-19)24(30)26-2)29-16-14-20-11-12-21-8-4-5-9-22(21)17-20/h4-12,17-18H,3,13-16H2,1-2H3,(H,26,30)(H2,27,28,29). The zero-order valence-corrected chi connectivity index (χ0v) is 17.7. The van der Waals surface area contributed by atoms with E-state index in [1.807, 2.05) is 24.3 Å². The van der Waals surface area contributed by atoms with Gasteiger partial charge in [-0.1, -0.05) is 54.6 Å². The maximum Gasteiger partial charge on any atom is 0.251 e. The van der Waals surface area contributed by atoms with Gasteiger partial charge in [-0.15, -0.1) is 0 Å². The molecule has 0 aliphatic heterocycles. The Morgan fingerprint density at radius 2 is 1.67 bits per heavy atom. The lowest BCUT2D eigenvalue weighted by atomic mass is 10.1. The zero-order chi connectivity index (χ0) is 21.2. The second-order valence-electron chi connectivity index (χ2n) is 7.15. The van der Waals surface area contributed by atoms with Gasteiger partial charge < -0.3 is 16.0 Å². The summed E-state index contributed by atoms with van der Waals surface area (Å²) in [4.78, 5) is 16.5. The predicted octanol–water partition coefficient (Wildman–Crippen LogP) is 3.54. The summed E-state index contributed by atoms with van der Waals surface area (Å²) in [6, 6.07) is 22.7. The number of nitrogens with one attached hydrogen (secondary N) is 3. The molecule has 0 unspecified atom stereocenters. The molecule has 3 N–H and O–H groups in total. The van der Waals surface area contributed by atoms with E-state index in [1.165, 1.54) is 16.3 Å². The molecule has 0 aromatic heterocycles. The van der Waals surface area contributed by atoms with Crippen LogP contribution in [0.2, 0.25) is 0 Å². The monoisotopic (exact) mass is 402 g/mol. The van der Waals surface area contributed by atoms with Gasteiger partial charge in [-0.2, -0.15) is 0 Å². The SMILES string of the molecule is CCNC(=NCCc1ccc2ccccc2c1)NCCc1cccc(C(=O)NC)c1. The molecule has 5 nitrogen and oxygen atoms in total. The zero-order valence-electron chi connectivity index (χ0n) is 17.7. The number of carbonyl (C=O) groups excluding carboxylic acids is 1. The van der Waals surface area contributed by atoms with Gasteiger partial charge in [0.2, 0.25) is 0 Å². The molecule has 0 bridgehead atoms. The summed E-state index contributed by atoms with van der Waals surface area (Å²) in [5.74, 6) is 0.758. The number of hydrogen-bond donors (Lipinski definition) is 3. The largest absolute Gasteiger partial charge is 0.357 e. The van der Waals surface area contributed by atoms with Crippen LogP contribution in [0.15, 0.2) is 71.7 Å². The van der Waals surface area contributed by atoms with E-state index in [1.54, 1.807) is 7.05 Å². The van der Waals surface area contributed by atoms with Crippen LogP contribution >= 0.6 is 0 Å². The molecule has 156 valence electrons. The Balaban J connectivity index is 1.53. The van der Waals surface area contributed by atoms with Crippen LogP contribution in [0.25, 0.3) is 10.8 Å². The number of rotatable bonds is 8. The average molecular weight is 403 g/mol. The van der Waals surface area contributed by atoms with Crippen molar-refractivity contribution in [1.82, 2.24) is 16.0 Å². The van der Waals surface area contributed by atoms with Gasteiger partial charge in [0.1, 0.15) is 0 Å². The number of benzene rings is 3. The molecule has 0 saturated heterocycles. The van der Waals surface area contributed by atoms with Crippen LogP contribution in [0.1, 0.15) is 28.4 Å².